The normalized spacial score (nSPS) is 13.6. The number of primary amides is 2. The van der Waals surface area contributed by atoms with E-state index >= 15 is 0 Å². The van der Waals surface area contributed by atoms with E-state index in [1.54, 1.807) is 0 Å². The zero-order valence-electron chi connectivity index (χ0n) is 14.1. The van der Waals surface area contributed by atoms with Crippen LogP contribution in [0.1, 0.15) is 12.8 Å². The monoisotopic (exact) mass is 406 g/mol. The van der Waals surface area contributed by atoms with Gasteiger partial charge in [0.1, 0.15) is 12.1 Å². The lowest BCUT2D eigenvalue weighted by Crippen LogP contribution is -2.55. The minimum absolute atomic E-state index is 0.199. The molecule has 0 fully saturated rings. The zero-order chi connectivity index (χ0) is 21.1. The third kappa shape index (κ3) is 10.0. The van der Waals surface area contributed by atoms with E-state index in [1.165, 1.54) is 0 Å². The Morgan fingerprint density at radius 3 is 1.89 bits per heavy atom. The van der Waals surface area contributed by atoms with Crippen molar-refractivity contribution in [3.05, 3.63) is 0 Å². The maximum atomic E-state index is 12.0. The van der Waals surface area contributed by atoms with Gasteiger partial charge in [-0.15, -0.1) is 0 Å². The third-order valence-corrected chi connectivity index (χ3v) is 3.40. The molecular weight excluding hydrogens is 384 g/mol. The van der Waals surface area contributed by atoms with Crippen LogP contribution in [0.15, 0.2) is 0 Å². The number of hydrogen-bond donors (Lipinski definition) is 8. The number of carboxylic acid groups (broad SMARTS) is 1. The summed E-state index contributed by atoms with van der Waals surface area (Å²) in [5, 5.41) is 15.4. The number of rotatable bonds is 12. The Hall–Kier alpha value is -2.87. The molecule has 10 N–H and O–H groups in total. The lowest BCUT2D eigenvalue weighted by molar-refractivity contribution is -0.143. The van der Waals surface area contributed by atoms with E-state index in [0.717, 1.165) is 0 Å². The lowest BCUT2D eigenvalue weighted by atomic mass is 10.2. The quantitative estimate of drug-likeness (QED) is 0.146. The maximum Gasteiger partial charge on any atom is 0.326 e. The molecule has 0 aromatic heterocycles. The molecule has 0 bridgehead atoms. The van der Waals surface area contributed by atoms with Gasteiger partial charge < -0.3 is 38.3 Å². The van der Waals surface area contributed by atoms with E-state index in [9.17, 15) is 28.8 Å². The molecule has 13 nitrogen and oxygen atoms in total. The summed E-state index contributed by atoms with van der Waals surface area (Å²) in [7, 11) is 0. The van der Waals surface area contributed by atoms with Crippen LogP contribution < -0.4 is 33.2 Å². The SMILES string of the molecule is NC(=O)CC(N)C(=O)NCC(=O)NC(CS)C(=O)NC(CC(N)=O)C(=O)O. The standard InChI is InChI=1S/C13H22N6O7S/c14-5(1-8(15)20)11(23)17-3-10(22)18-7(4-27)12(24)19-6(13(25)26)2-9(16)21/h5-7,27H,1-4,14H2,(H2,15,20)(H2,16,21)(H,17,23)(H,18,22)(H,19,24)(H,25,26). The number of amides is 5. The zero-order valence-corrected chi connectivity index (χ0v) is 15.0. The number of carbonyl (C=O) groups excluding carboxylic acids is 5. The average molecular weight is 406 g/mol. The summed E-state index contributed by atoms with van der Waals surface area (Å²) in [4.78, 5) is 67.9. The van der Waals surface area contributed by atoms with Crippen LogP contribution in [0.5, 0.6) is 0 Å². The first-order chi connectivity index (χ1) is 12.5. The molecule has 0 aromatic carbocycles. The molecule has 0 aromatic rings. The minimum atomic E-state index is -1.57. The molecule has 27 heavy (non-hydrogen) atoms. The van der Waals surface area contributed by atoms with Crippen LogP contribution >= 0.6 is 12.6 Å². The van der Waals surface area contributed by atoms with E-state index in [2.05, 4.69) is 23.3 Å². The van der Waals surface area contributed by atoms with Gasteiger partial charge in [0.15, 0.2) is 0 Å². The summed E-state index contributed by atoms with van der Waals surface area (Å²) in [6.07, 6.45) is -1.05. The molecule has 0 aliphatic heterocycles. The fourth-order valence-corrected chi connectivity index (χ4v) is 1.98. The van der Waals surface area contributed by atoms with E-state index in [4.69, 9.17) is 22.3 Å². The fourth-order valence-electron chi connectivity index (χ4n) is 1.72. The van der Waals surface area contributed by atoms with Crippen molar-refractivity contribution in [2.75, 3.05) is 12.3 Å². The van der Waals surface area contributed by atoms with Crippen molar-refractivity contribution >= 4 is 48.1 Å². The number of aliphatic carboxylic acids is 1. The number of hydrogen-bond acceptors (Lipinski definition) is 8. The van der Waals surface area contributed by atoms with Gasteiger partial charge in [0.2, 0.25) is 29.5 Å². The van der Waals surface area contributed by atoms with Gasteiger partial charge in [-0.1, -0.05) is 0 Å². The lowest BCUT2D eigenvalue weighted by Gasteiger charge is -2.20. The Kier molecular flexibility index (Phi) is 10.4. The molecule has 3 atom stereocenters. The number of nitrogens with two attached hydrogens (primary N) is 3. The number of thiol groups is 1. The Morgan fingerprint density at radius 2 is 1.44 bits per heavy atom. The Bertz CT molecular complexity index is 614. The van der Waals surface area contributed by atoms with Crippen LogP contribution in [0.4, 0.5) is 0 Å². The molecule has 0 saturated carbocycles. The molecule has 0 aliphatic rings. The molecule has 3 unspecified atom stereocenters. The predicted octanol–water partition coefficient (Wildman–Crippen LogP) is -4.84. The van der Waals surface area contributed by atoms with Gasteiger partial charge in [-0.3, -0.25) is 24.0 Å². The molecule has 5 amide bonds. The van der Waals surface area contributed by atoms with Crippen molar-refractivity contribution in [2.45, 2.75) is 31.0 Å². The third-order valence-electron chi connectivity index (χ3n) is 3.04. The molecular formula is C13H22N6O7S. The van der Waals surface area contributed by atoms with Gasteiger partial charge in [-0.2, -0.15) is 12.6 Å². The Morgan fingerprint density at radius 1 is 0.889 bits per heavy atom. The van der Waals surface area contributed by atoms with Gasteiger partial charge >= 0.3 is 5.97 Å². The van der Waals surface area contributed by atoms with Crippen LogP contribution in [0.2, 0.25) is 0 Å². The van der Waals surface area contributed by atoms with E-state index < -0.39 is 73.0 Å². The summed E-state index contributed by atoms with van der Waals surface area (Å²) in [6, 6.07) is -4.04. The highest BCUT2D eigenvalue weighted by Gasteiger charge is 2.27. The van der Waals surface area contributed by atoms with Crippen LogP contribution in [0, 0.1) is 0 Å². The summed E-state index contributed by atoms with van der Waals surface area (Å²) >= 11 is 3.88. The smallest absolute Gasteiger partial charge is 0.326 e. The van der Waals surface area contributed by atoms with E-state index in [-0.39, 0.29) is 5.75 Å². The second kappa shape index (κ2) is 11.7. The number of carboxylic acids is 1. The molecule has 0 spiro atoms. The predicted molar refractivity (Wildman–Crippen MR) is 94.0 cm³/mol. The first kappa shape index (κ1) is 24.1. The van der Waals surface area contributed by atoms with Gasteiger partial charge in [-0.05, 0) is 0 Å². The van der Waals surface area contributed by atoms with Gasteiger partial charge in [-0.25, -0.2) is 4.79 Å². The van der Waals surface area contributed by atoms with Crippen LogP contribution in [-0.4, -0.2) is 71.0 Å². The molecule has 152 valence electrons. The highest BCUT2D eigenvalue weighted by Crippen LogP contribution is 1.96. The van der Waals surface area contributed by atoms with Crippen molar-refractivity contribution in [3.63, 3.8) is 0 Å². The maximum absolute atomic E-state index is 12.0. The first-order valence-corrected chi connectivity index (χ1v) is 8.14. The highest BCUT2D eigenvalue weighted by atomic mass is 32.1. The number of carbonyl (C=O) groups is 6. The molecule has 0 rings (SSSR count). The number of nitrogens with one attached hydrogen (secondary N) is 3. The largest absolute Gasteiger partial charge is 0.480 e. The highest BCUT2D eigenvalue weighted by molar-refractivity contribution is 7.80. The Labute approximate surface area is 159 Å². The van der Waals surface area contributed by atoms with Crippen molar-refractivity contribution in [1.29, 1.82) is 0 Å². The van der Waals surface area contributed by atoms with E-state index in [0.29, 0.717) is 0 Å². The van der Waals surface area contributed by atoms with Crippen LogP contribution in [-0.2, 0) is 28.8 Å². The second-order valence-electron chi connectivity index (χ2n) is 5.37. The van der Waals surface area contributed by atoms with Crippen molar-refractivity contribution in [1.82, 2.24) is 16.0 Å². The van der Waals surface area contributed by atoms with Gasteiger partial charge in [0, 0.05) is 5.75 Å². The molecule has 0 aliphatic carbocycles. The molecule has 0 heterocycles. The average Bonchev–Trinajstić information content (AvgIpc) is 2.55. The topological polar surface area (TPSA) is 237 Å². The van der Waals surface area contributed by atoms with Gasteiger partial charge in [0.05, 0.1) is 25.4 Å². The minimum Gasteiger partial charge on any atom is -0.480 e. The Balaban J connectivity index is 4.64. The molecule has 14 heteroatoms. The summed E-state index contributed by atoms with van der Waals surface area (Å²) in [5.41, 5.74) is 15.2. The van der Waals surface area contributed by atoms with Crippen LogP contribution in [0.3, 0.4) is 0 Å². The molecule has 0 radical (unpaired) electrons. The van der Waals surface area contributed by atoms with Gasteiger partial charge in [0.25, 0.3) is 0 Å². The van der Waals surface area contributed by atoms with Crippen molar-refractivity contribution in [3.8, 4) is 0 Å². The summed E-state index contributed by atoms with van der Waals surface area (Å²) in [5.74, 6) is -5.93. The second-order valence-corrected chi connectivity index (χ2v) is 5.73. The summed E-state index contributed by atoms with van der Waals surface area (Å²) in [6.45, 7) is -0.563. The molecule has 0 saturated heterocycles. The summed E-state index contributed by atoms with van der Waals surface area (Å²) < 4.78 is 0. The fraction of sp³-hybridized carbons (Fsp3) is 0.538. The van der Waals surface area contributed by atoms with Crippen molar-refractivity contribution < 1.29 is 33.9 Å². The van der Waals surface area contributed by atoms with Crippen LogP contribution in [0.25, 0.3) is 0 Å². The van der Waals surface area contributed by atoms with E-state index in [1.807, 2.05) is 5.32 Å². The first-order valence-electron chi connectivity index (χ1n) is 7.51. The van der Waals surface area contributed by atoms with Crippen molar-refractivity contribution in [2.24, 2.45) is 17.2 Å².